The van der Waals surface area contributed by atoms with Crippen LogP contribution in [0, 0.1) is 18.6 Å². The van der Waals surface area contributed by atoms with Crippen LogP contribution < -0.4 is 5.32 Å². The number of nitrogens with one attached hydrogen (secondary N) is 1. The van der Waals surface area contributed by atoms with Gasteiger partial charge in [-0.3, -0.25) is 4.90 Å². The SMILES string of the molecule is Cc1nc2c(F)cc(-c3nc(Nc4ccc(C=C5CCN(CC(F)F)CC5)cn4)ncc3F)cc2n1C(C)C. The van der Waals surface area contributed by atoms with Gasteiger partial charge in [0, 0.05) is 30.9 Å². The van der Waals surface area contributed by atoms with Crippen LogP contribution in [0.2, 0.25) is 0 Å². The molecule has 0 radical (unpaired) electrons. The number of aryl methyl sites for hydroxylation is 1. The van der Waals surface area contributed by atoms with Crippen molar-refractivity contribution in [1.29, 1.82) is 0 Å². The number of benzene rings is 1. The molecule has 0 spiro atoms. The summed E-state index contributed by atoms with van der Waals surface area (Å²) in [6.45, 7) is 6.79. The smallest absolute Gasteiger partial charge is 0.251 e. The molecular weight excluding hydrogens is 510 g/mol. The molecule has 0 saturated carbocycles. The second kappa shape index (κ2) is 11.1. The quantitative estimate of drug-likeness (QED) is 0.269. The van der Waals surface area contributed by atoms with Gasteiger partial charge in [0.2, 0.25) is 5.95 Å². The van der Waals surface area contributed by atoms with Crippen molar-refractivity contribution in [3.63, 3.8) is 0 Å². The molecule has 0 aliphatic carbocycles. The highest BCUT2D eigenvalue weighted by Crippen LogP contribution is 2.30. The number of rotatable bonds is 7. The zero-order valence-corrected chi connectivity index (χ0v) is 21.9. The van der Waals surface area contributed by atoms with Crippen molar-refractivity contribution in [2.75, 3.05) is 25.0 Å². The number of piperidine rings is 1. The van der Waals surface area contributed by atoms with Crippen LogP contribution in [0.3, 0.4) is 0 Å². The van der Waals surface area contributed by atoms with Crippen LogP contribution in [0.1, 0.15) is 44.1 Å². The van der Waals surface area contributed by atoms with Gasteiger partial charge in [-0.25, -0.2) is 37.5 Å². The summed E-state index contributed by atoms with van der Waals surface area (Å²) in [7, 11) is 0. The van der Waals surface area contributed by atoms with Crippen LogP contribution in [0.5, 0.6) is 0 Å². The third kappa shape index (κ3) is 5.93. The minimum absolute atomic E-state index is 0.0398. The largest absolute Gasteiger partial charge is 0.326 e. The Labute approximate surface area is 223 Å². The summed E-state index contributed by atoms with van der Waals surface area (Å²) in [5.74, 6) is 0.00995. The first-order valence-corrected chi connectivity index (χ1v) is 12.8. The number of fused-ring (bicyclic) bond motifs is 1. The van der Waals surface area contributed by atoms with Gasteiger partial charge >= 0.3 is 0 Å². The first-order valence-electron chi connectivity index (χ1n) is 12.8. The van der Waals surface area contributed by atoms with Crippen molar-refractivity contribution in [2.24, 2.45) is 0 Å². The molecule has 0 amide bonds. The van der Waals surface area contributed by atoms with Gasteiger partial charge < -0.3 is 9.88 Å². The Morgan fingerprint density at radius 1 is 1.00 bits per heavy atom. The molecule has 1 saturated heterocycles. The number of hydrogen-bond donors (Lipinski definition) is 1. The van der Waals surface area contributed by atoms with Gasteiger partial charge in [-0.2, -0.15) is 0 Å². The first kappa shape index (κ1) is 26.7. The van der Waals surface area contributed by atoms with E-state index in [9.17, 15) is 17.6 Å². The lowest BCUT2D eigenvalue weighted by molar-refractivity contribution is 0.0845. The molecule has 39 heavy (non-hydrogen) atoms. The van der Waals surface area contributed by atoms with Gasteiger partial charge in [0.1, 0.15) is 22.9 Å². The van der Waals surface area contributed by atoms with E-state index in [4.69, 9.17) is 0 Å². The maximum absolute atomic E-state index is 14.9. The van der Waals surface area contributed by atoms with Gasteiger partial charge in [-0.1, -0.05) is 11.6 Å². The highest BCUT2D eigenvalue weighted by Gasteiger charge is 2.19. The molecule has 7 nitrogen and oxygen atoms in total. The minimum atomic E-state index is -2.32. The van der Waals surface area contributed by atoms with Crippen LogP contribution in [0.4, 0.5) is 29.3 Å². The van der Waals surface area contributed by atoms with E-state index in [-0.39, 0.29) is 35.3 Å². The normalized spacial score (nSPS) is 14.5. The molecule has 5 rings (SSSR count). The van der Waals surface area contributed by atoms with Crippen molar-refractivity contribution in [3.8, 4) is 11.3 Å². The number of anilines is 2. The van der Waals surface area contributed by atoms with Crippen LogP contribution in [-0.2, 0) is 0 Å². The first-order chi connectivity index (χ1) is 18.7. The number of imidazole rings is 1. The van der Waals surface area contributed by atoms with Gasteiger partial charge in [0.05, 0.1) is 18.3 Å². The lowest BCUT2D eigenvalue weighted by Gasteiger charge is -2.27. The molecule has 1 aliphatic rings. The van der Waals surface area contributed by atoms with Crippen LogP contribution in [0.15, 0.2) is 42.2 Å². The maximum Gasteiger partial charge on any atom is 0.251 e. The Morgan fingerprint density at radius 3 is 2.44 bits per heavy atom. The predicted molar refractivity (Wildman–Crippen MR) is 143 cm³/mol. The van der Waals surface area contributed by atoms with Crippen molar-refractivity contribution in [2.45, 2.75) is 46.1 Å². The average Bonchev–Trinajstić information content (AvgIpc) is 3.24. The van der Waals surface area contributed by atoms with E-state index in [2.05, 4.69) is 25.3 Å². The monoisotopic (exact) mass is 539 g/mol. The summed E-state index contributed by atoms with van der Waals surface area (Å²) in [5.41, 5.74) is 3.11. The third-order valence-corrected chi connectivity index (χ3v) is 6.75. The fourth-order valence-electron chi connectivity index (χ4n) is 4.96. The number of pyridine rings is 1. The van der Waals surface area contributed by atoms with E-state index in [0.29, 0.717) is 30.2 Å². The molecule has 3 aromatic heterocycles. The Morgan fingerprint density at radius 2 is 1.77 bits per heavy atom. The highest BCUT2D eigenvalue weighted by molar-refractivity contribution is 5.83. The summed E-state index contributed by atoms with van der Waals surface area (Å²) in [6, 6.07) is 6.58. The molecule has 0 unspecified atom stereocenters. The Hall–Kier alpha value is -3.86. The average molecular weight is 540 g/mol. The van der Waals surface area contributed by atoms with Crippen molar-refractivity contribution in [1.82, 2.24) is 29.4 Å². The van der Waals surface area contributed by atoms with E-state index < -0.39 is 18.1 Å². The number of alkyl halides is 2. The van der Waals surface area contributed by atoms with Crippen molar-refractivity contribution in [3.05, 3.63) is 65.3 Å². The lowest BCUT2D eigenvalue weighted by Crippen LogP contribution is -2.34. The fraction of sp³-hybridized carbons (Fsp3) is 0.357. The summed E-state index contributed by atoms with van der Waals surface area (Å²) >= 11 is 0. The zero-order valence-electron chi connectivity index (χ0n) is 21.9. The summed E-state index contributed by atoms with van der Waals surface area (Å²) in [5, 5.41) is 2.97. The van der Waals surface area contributed by atoms with Gasteiger partial charge in [-0.15, -0.1) is 0 Å². The fourth-order valence-corrected chi connectivity index (χ4v) is 4.96. The maximum atomic E-state index is 14.9. The number of hydrogen-bond acceptors (Lipinski definition) is 6. The molecule has 1 fully saturated rings. The van der Waals surface area contributed by atoms with Crippen LogP contribution >= 0.6 is 0 Å². The van der Waals surface area contributed by atoms with E-state index >= 15 is 0 Å². The van der Waals surface area contributed by atoms with Crippen LogP contribution in [-0.4, -0.2) is 55.5 Å². The summed E-state index contributed by atoms with van der Waals surface area (Å²) in [6.07, 6.45) is 3.91. The topological polar surface area (TPSA) is 71.8 Å². The van der Waals surface area contributed by atoms with Gasteiger partial charge in [0.15, 0.2) is 11.6 Å². The van der Waals surface area contributed by atoms with E-state index in [1.165, 1.54) is 11.6 Å². The Bertz CT molecular complexity index is 1500. The highest BCUT2D eigenvalue weighted by atomic mass is 19.3. The van der Waals surface area contributed by atoms with Gasteiger partial charge in [0.25, 0.3) is 6.43 Å². The second-order valence-corrected chi connectivity index (χ2v) is 9.93. The standard InChI is InChI=1S/C28H29F4N7/c1-16(2)39-17(3)35-27-21(29)11-20(12-23(27)39)26-22(30)14-34-28(37-26)36-25-5-4-19(13-33-25)10-18-6-8-38(9-7-18)15-24(31)32/h4-5,10-14,16,24H,6-9,15H2,1-3H3,(H,33,34,36,37). The predicted octanol–water partition coefficient (Wildman–Crippen LogP) is 6.54. The van der Waals surface area contributed by atoms with Crippen molar-refractivity contribution >= 4 is 28.9 Å². The second-order valence-electron chi connectivity index (χ2n) is 9.93. The molecule has 0 bridgehead atoms. The Balaban J connectivity index is 1.33. The molecule has 4 aromatic rings. The summed E-state index contributed by atoms with van der Waals surface area (Å²) in [4.78, 5) is 18.8. The third-order valence-electron chi connectivity index (χ3n) is 6.75. The molecular formula is C28H29F4N7. The number of nitrogens with zero attached hydrogens (tertiary/aromatic N) is 6. The van der Waals surface area contributed by atoms with Gasteiger partial charge in [-0.05, 0) is 63.4 Å². The Kier molecular flexibility index (Phi) is 7.60. The molecule has 204 valence electrons. The molecule has 4 heterocycles. The van der Waals surface area contributed by atoms with E-state index in [1.54, 1.807) is 30.2 Å². The lowest BCUT2D eigenvalue weighted by atomic mass is 10.0. The molecule has 1 aromatic carbocycles. The van der Waals surface area contributed by atoms with E-state index in [0.717, 1.165) is 24.6 Å². The molecule has 1 aliphatic heterocycles. The minimum Gasteiger partial charge on any atom is -0.326 e. The molecule has 1 N–H and O–H groups in total. The van der Waals surface area contributed by atoms with Crippen molar-refractivity contribution < 1.29 is 17.6 Å². The molecule has 0 atom stereocenters. The number of aromatic nitrogens is 5. The van der Waals surface area contributed by atoms with E-state index in [1.807, 2.05) is 30.6 Å². The van der Waals surface area contributed by atoms with Crippen LogP contribution in [0.25, 0.3) is 28.4 Å². The number of halogens is 4. The summed E-state index contributed by atoms with van der Waals surface area (Å²) < 4.78 is 56.8. The molecule has 11 heteroatoms. The zero-order chi connectivity index (χ0) is 27.7. The number of likely N-dealkylation sites (tertiary alicyclic amines) is 1.